The summed E-state index contributed by atoms with van der Waals surface area (Å²) in [6, 6.07) is 0.446. The fourth-order valence-electron chi connectivity index (χ4n) is 3.43. The first-order chi connectivity index (χ1) is 10.5. The Balaban J connectivity index is 1.69. The van der Waals surface area contributed by atoms with E-state index in [-0.39, 0.29) is 5.91 Å². The van der Waals surface area contributed by atoms with Crippen LogP contribution in [-0.2, 0) is 7.05 Å². The van der Waals surface area contributed by atoms with E-state index < -0.39 is 0 Å². The van der Waals surface area contributed by atoms with Crippen LogP contribution in [0.15, 0.2) is 12.4 Å². The molecule has 0 atom stereocenters. The minimum Gasteiger partial charge on any atom is -0.338 e. The van der Waals surface area contributed by atoms with E-state index in [1.165, 1.54) is 5.69 Å². The number of imidazole rings is 1. The van der Waals surface area contributed by atoms with Gasteiger partial charge in [-0.25, -0.2) is 4.98 Å². The molecule has 118 valence electrons. The number of aromatic nitrogens is 4. The van der Waals surface area contributed by atoms with Gasteiger partial charge in [-0.2, -0.15) is 5.10 Å². The first-order valence-electron chi connectivity index (χ1n) is 7.77. The fraction of sp³-hybridized carbons (Fsp3) is 0.562. The van der Waals surface area contributed by atoms with Crippen molar-refractivity contribution in [2.75, 3.05) is 13.1 Å². The normalized spacial score (nSPS) is 16.3. The number of hydrogen-bond acceptors (Lipinski definition) is 3. The van der Waals surface area contributed by atoms with Gasteiger partial charge in [0.25, 0.3) is 5.91 Å². The molecule has 0 N–H and O–H groups in total. The van der Waals surface area contributed by atoms with E-state index in [0.717, 1.165) is 43.0 Å². The molecule has 0 saturated carbocycles. The lowest BCUT2D eigenvalue weighted by molar-refractivity contribution is 0.0692. The standard InChI is InChI=1S/C16H23N5O/c1-11-9-17-13(3)21(11)14-5-7-20(8-6-14)16(22)15-10-19(4)18-12(15)2/h9-10,14H,5-8H2,1-4H3. The molecule has 0 unspecified atom stereocenters. The van der Waals surface area contributed by atoms with Crippen LogP contribution < -0.4 is 0 Å². The van der Waals surface area contributed by atoms with Crippen LogP contribution in [0.25, 0.3) is 0 Å². The van der Waals surface area contributed by atoms with E-state index in [2.05, 4.69) is 21.6 Å². The third kappa shape index (κ3) is 2.53. The second-order valence-corrected chi connectivity index (χ2v) is 6.14. The number of nitrogens with zero attached hydrogens (tertiary/aromatic N) is 5. The van der Waals surface area contributed by atoms with E-state index in [1.807, 2.05) is 38.2 Å². The minimum atomic E-state index is 0.100. The summed E-state index contributed by atoms with van der Waals surface area (Å²) >= 11 is 0. The number of aryl methyl sites for hydroxylation is 4. The molecule has 3 rings (SSSR count). The molecule has 2 aromatic rings. The molecule has 2 aromatic heterocycles. The maximum Gasteiger partial charge on any atom is 0.257 e. The quantitative estimate of drug-likeness (QED) is 0.852. The van der Waals surface area contributed by atoms with E-state index in [1.54, 1.807) is 4.68 Å². The molecule has 1 fully saturated rings. The number of rotatable bonds is 2. The van der Waals surface area contributed by atoms with Crippen molar-refractivity contribution in [2.24, 2.45) is 7.05 Å². The van der Waals surface area contributed by atoms with Gasteiger partial charge in [0.15, 0.2) is 0 Å². The van der Waals surface area contributed by atoms with Crippen LogP contribution in [0.5, 0.6) is 0 Å². The van der Waals surface area contributed by atoms with Crippen LogP contribution in [-0.4, -0.2) is 43.2 Å². The maximum atomic E-state index is 12.6. The summed E-state index contributed by atoms with van der Waals surface area (Å²) in [6.07, 6.45) is 5.69. The van der Waals surface area contributed by atoms with Gasteiger partial charge in [0.05, 0.1) is 11.3 Å². The van der Waals surface area contributed by atoms with Gasteiger partial charge in [0, 0.05) is 44.3 Å². The summed E-state index contributed by atoms with van der Waals surface area (Å²) in [4.78, 5) is 18.9. The van der Waals surface area contributed by atoms with Crippen molar-refractivity contribution in [3.63, 3.8) is 0 Å². The molecule has 6 nitrogen and oxygen atoms in total. The average molecular weight is 301 g/mol. The number of carbonyl (C=O) groups is 1. The molecule has 1 aliphatic heterocycles. The predicted molar refractivity (Wildman–Crippen MR) is 83.8 cm³/mol. The van der Waals surface area contributed by atoms with Crippen molar-refractivity contribution >= 4 is 5.91 Å². The van der Waals surface area contributed by atoms with Crippen LogP contribution in [0, 0.1) is 20.8 Å². The van der Waals surface area contributed by atoms with Crippen molar-refractivity contribution in [1.29, 1.82) is 0 Å². The molecule has 3 heterocycles. The van der Waals surface area contributed by atoms with E-state index in [4.69, 9.17) is 0 Å². The van der Waals surface area contributed by atoms with Crippen molar-refractivity contribution in [3.8, 4) is 0 Å². The second-order valence-electron chi connectivity index (χ2n) is 6.14. The summed E-state index contributed by atoms with van der Waals surface area (Å²) in [5.74, 6) is 1.16. The van der Waals surface area contributed by atoms with Gasteiger partial charge in [-0.1, -0.05) is 0 Å². The highest BCUT2D eigenvalue weighted by Crippen LogP contribution is 2.26. The highest BCUT2D eigenvalue weighted by atomic mass is 16.2. The van der Waals surface area contributed by atoms with E-state index in [9.17, 15) is 4.79 Å². The minimum absolute atomic E-state index is 0.100. The highest BCUT2D eigenvalue weighted by Gasteiger charge is 2.27. The van der Waals surface area contributed by atoms with Crippen molar-refractivity contribution in [3.05, 3.63) is 35.2 Å². The average Bonchev–Trinajstić information content (AvgIpc) is 3.00. The topological polar surface area (TPSA) is 56.0 Å². The van der Waals surface area contributed by atoms with E-state index in [0.29, 0.717) is 6.04 Å². The number of likely N-dealkylation sites (tertiary alicyclic amines) is 1. The Morgan fingerprint density at radius 3 is 2.41 bits per heavy atom. The molecule has 6 heteroatoms. The molecule has 0 radical (unpaired) electrons. The zero-order valence-electron chi connectivity index (χ0n) is 13.7. The van der Waals surface area contributed by atoms with E-state index >= 15 is 0 Å². The predicted octanol–water partition coefficient (Wildman–Crippen LogP) is 2.02. The Morgan fingerprint density at radius 2 is 1.91 bits per heavy atom. The van der Waals surface area contributed by atoms with Crippen LogP contribution >= 0.6 is 0 Å². The zero-order valence-corrected chi connectivity index (χ0v) is 13.7. The van der Waals surface area contributed by atoms with Gasteiger partial charge < -0.3 is 9.47 Å². The number of amides is 1. The Kier molecular flexibility index (Phi) is 3.76. The summed E-state index contributed by atoms with van der Waals surface area (Å²) in [7, 11) is 1.85. The van der Waals surface area contributed by atoms with Crippen molar-refractivity contribution in [1.82, 2.24) is 24.2 Å². The van der Waals surface area contributed by atoms with Crippen LogP contribution in [0.4, 0.5) is 0 Å². The molecule has 1 saturated heterocycles. The first-order valence-corrected chi connectivity index (χ1v) is 7.77. The molecule has 0 aliphatic carbocycles. The van der Waals surface area contributed by atoms with Crippen LogP contribution in [0.1, 0.15) is 46.5 Å². The van der Waals surface area contributed by atoms with Crippen molar-refractivity contribution < 1.29 is 4.79 Å². The first kappa shape index (κ1) is 14.8. The molecule has 1 amide bonds. The van der Waals surface area contributed by atoms with Gasteiger partial charge in [0.2, 0.25) is 0 Å². The van der Waals surface area contributed by atoms with Gasteiger partial charge in [-0.05, 0) is 33.6 Å². The van der Waals surface area contributed by atoms with Crippen molar-refractivity contribution in [2.45, 2.75) is 39.7 Å². The van der Waals surface area contributed by atoms with Gasteiger partial charge >= 0.3 is 0 Å². The monoisotopic (exact) mass is 301 g/mol. The summed E-state index contributed by atoms with van der Waals surface area (Å²) in [6.45, 7) is 7.60. The fourth-order valence-corrected chi connectivity index (χ4v) is 3.43. The van der Waals surface area contributed by atoms with Crippen LogP contribution in [0.2, 0.25) is 0 Å². The summed E-state index contributed by atoms with van der Waals surface area (Å²) in [5, 5.41) is 4.26. The molecule has 1 aliphatic rings. The lowest BCUT2D eigenvalue weighted by Gasteiger charge is -2.33. The smallest absolute Gasteiger partial charge is 0.257 e. The lowest BCUT2D eigenvalue weighted by atomic mass is 10.0. The van der Waals surface area contributed by atoms with Crippen LogP contribution in [0.3, 0.4) is 0 Å². The maximum absolute atomic E-state index is 12.6. The molecule has 0 bridgehead atoms. The largest absolute Gasteiger partial charge is 0.338 e. The Bertz CT molecular complexity index is 672. The highest BCUT2D eigenvalue weighted by molar-refractivity contribution is 5.95. The van der Waals surface area contributed by atoms with Gasteiger partial charge in [-0.15, -0.1) is 0 Å². The molecule has 0 aromatic carbocycles. The molecule has 22 heavy (non-hydrogen) atoms. The zero-order chi connectivity index (χ0) is 15.9. The number of hydrogen-bond donors (Lipinski definition) is 0. The Morgan fingerprint density at radius 1 is 1.23 bits per heavy atom. The third-order valence-corrected chi connectivity index (χ3v) is 4.53. The molecular formula is C16H23N5O. The van der Waals surface area contributed by atoms with Gasteiger partial charge in [-0.3, -0.25) is 9.48 Å². The number of carbonyl (C=O) groups excluding carboxylic acids is 1. The van der Waals surface area contributed by atoms with Gasteiger partial charge in [0.1, 0.15) is 5.82 Å². The summed E-state index contributed by atoms with van der Waals surface area (Å²) in [5.41, 5.74) is 2.72. The SMILES string of the molecule is Cc1nn(C)cc1C(=O)N1CCC(n2c(C)cnc2C)CC1. The Hall–Kier alpha value is -2.11. The number of piperidine rings is 1. The summed E-state index contributed by atoms with van der Waals surface area (Å²) < 4.78 is 4.00. The Labute approximate surface area is 130 Å². The molecular weight excluding hydrogens is 278 g/mol. The second kappa shape index (κ2) is 5.59. The molecule has 0 spiro atoms. The third-order valence-electron chi connectivity index (χ3n) is 4.53. The lowest BCUT2D eigenvalue weighted by Crippen LogP contribution is -2.39.